The Labute approximate surface area is 153 Å². The lowest BCUT2D eigenvalue weighted by Gasteiger charge is -2.37. The number of likely N-dealkylation sites (tertiary alicyclic amines) is 1. The second kappa shape index (κ2) is 7.46. The van der Waals surface area contributed by atoms with Crippen LogP contribution in [0.5, 0.6) is 0 Å². The molecule has 3 aliphatic heterocycles. The van der Waals surface area contributed by atoms with Gasteiger partial charge in [-0.15, -0.1) is 0 Å². The van der Waals surface area contributed by atoms with Crippen molar-refractivity contribution in [2.24, 2.45) is 0 Å². The molecule has 1 atom stereocenters. The topological polar surface area (TPSA) is 85.8 Å². The molecule has 1 amide bonds. The molecule has 3 saturated heterocycles. The van der Waals surface area contributed by atoms with Gasteiger partial charge in [0.15, 0.2) is 5.79 Å². The van der Waals surface area contributed by atoms with Crippen LogP contribution in [0.15, 0.2) is 6.07 Å². The van der Waals surface area contributed by atoms with Crippen LogP contribution in [-0.4, -0.2) is 72.1 Å². The minimum absolute atomic E-state index is 0.0662. The summed E-state index contributed by atoms with van der Waals surface area (Å²) < 4.78 is 17.1. The predicted octanol–water partition coefficient (Wildman–Crippen LogP) is 1.36. The van der Waals surface area contributed by atoms with Crippen molar-refractivity contribution in [3.63, 3.8) is 0 Å². The average Bonchev–Trinajstić information content (AvgIpc) is 3.32. The first-order chi connectivity index (χ1) is 12.6. The number of anilines is 1. The van der Waals surface area contributed by atoms with Gasteiger partial charge in [0.1, 0.15) is 5.69 Å². The van der Waals surface area contributed by atoms with Gasteiger partial charge in [-0.05, 0) is 25.8 Å². The van der Waals surface area contributed by atoms with Crippen LogP contribution < -0.4 is 5.32 Å². The minimum atomic E-state index is -0.480. The molecule has 8 heteroatoms. The molecular weight excluding hydrogens is 336 g/mol. The van der Waals surface area contributed by atoms with Gasteiger partial charge in [0.25, 0.3) is 5.91 Å². The molecule has 4 heterocycles. The van der Waals surface area contributed by atoms with Crippen LogP contribution in [0.3, 0.4) is 0 Å². The second-order valence-corrected chi connectivity index (χ2v) is 7.13. The molecule has 142 valence electrons. The van der Waals surface area contributed by atoms with Crippen LogP contribution in [-0.2, 0) is 14.2 Å². The molecule has 0 saturated carbocycles. The number of hydrogen-bond acceptors (Lipinski definition) is 7. The fourth-order valence-electron chi connectivity index (χ4n) is 3.77. The monoisotopic (exact) mass is 362 g/mol. The Balaban J connectivity index is 1.39. The van der Waals surface area contributed by atoms with Crippen molar-refractivity contribution in [3.8, 4) is 0 Å². The predicted molar refractivity (Wildman–Crippen MR) is 94.0 cm³/mol. The Morgan fingerprint density at radius 3 is 2.73 bits per heavy atom. The maximum atomic E-state index is 12.9. The summed E-state index contributed by atoms with van der Waals surface area (Å²) in [7, 11) is 0. The lowest BCUT2D eigenvalue weighted by molar-refractivity contribution is -0.181. The highest BCUT2D eigenvalue weighted by atomic mass is 16.7. The zero-order valence-electron chi connectivity index (χ0n) is 15.2. The highest BCUT2D eigenvalue weighted by molar-refractivity contribution is 5.92. The Kier molecular flexibility index (Phi) is 5.06. The van der Waals surface area contributed by atoms with Crippen LogP contribution in [0.1, 0.15) is 41.9 Å². The summed E-state index contributed by atoms with van der Waals surface area (Å²) in [5.74, 6) is -0.0601. The zero-order chi connectivity index (χ0) is 18.0. The summed E-state index contributed by atoms with van der Waals surface area (Å²) in [6.07, 6.45) is 3.74. The summed E-state index contributed by atoms with van der Waals surface area (Å²) in [6, 6.07) is 1.74. The number of rotatable bonds is 4. The molecule has 0 radical (unpaired) electrons. The first-order valence-electron chi connectivity index (χ1n) is 9.42. The lowest BCUT2D eigenvalue weighted by atomic mass is 10.0. The molecule has 1 aromatic rings. The van der Waals surface area contributed by atoms with Gasteiger partial charge in [0.05, 0.1) is 19.3 Å². The number of carbonyl (C=O) groups is 1. The van der Waals surface area contributed by atoms with E-state index in [4.69, 9.17) is 14.2 Å². The van der Waals surface area contributed by atoms with E-state index in [9.17, 15) is 4.79 Å². The number of carbonyl (C=O) groups excluding carboxylic acids is 1. The molecule has 4 rings (SSSR count). The Morgan fingerprint density at radius 2 is 2.04 bits per heavy atom. The number of nitrogens with one attached hydrogen (secondary N) is 1. The number of aryl methyl sites for hydroxylation is 1. The van der Waals surface area contributed by atoms with Crippen molar-refractivity contribution in [1.29, 1.82) is 0 Å². The summed E-state index contributed by atoms with van der Waals surface area (Å²) in [4.78, 5) is 23.5. The van der Waals surface area contributed by atoms with Crippen LogP contribution >= 0.6 is 0 Å². The third-order valence-corrected chi connectivity index (χ3v) is 5.21. The third-order valence-electron chi connectivity index (χ3n) is 5.21. The van der Waals surface area contributed by atoms with Crippen LogP contribution in [0.25, 0.3) is 0 Å². The average molecular weight is 362 g/mol. The van der Waals surface area contributed by atoms with Crippen molar-refractivity contribution in [3.05, 3.63) is 17.5 Å². The molecule has 3 fully saturated rings. The largest absolute Gasteiger partial charge is 0.376 e. The maximum Gasteiger partial charge on any atom is 0.272 e. The fourth-order valence-corrected chi connectivity index (χ4v) is 3.77. The van der Waals surface area contributed by atoms with Crippen LogP contribution in [0.4, 0.5) is 5.95 Å². The summed E-state index contributed by atoms with van der Waals surface area (Å²) >= 11 is 0. The van der Waals surface area contributed by atoms with E-state index in [-0.39, 0.29) is 12.0 Å². The molecule has 0 bridgehead atoms. The Hall–Kier alpha value is -1.77. The Morgan fingerprint density at radius 1 is 1.27 bits per heavy atom. The van der Waals surface area contributed by atoms with Crippen LogP contribution in [0.2, 0.25) is 0 Å². The van der Waals surface area contributed by atoms with Gasteiger partial charge in [0.2, 0.25) is 5.95 Å². The van der Waals surface area contributed by atoms with E-state index < -0.39 is 5.79 Å². The molecule has 1 unspecified atom stereocenters. The molecular formula is C18H26N4O4. The van der Waals surface area contributed by atoms with E-state index in [2.05, 4.69) is 15.3 Å². The SMILES string of the molecule is Cc1cc(C(=O)N2CCC3(CC2)OCCO3)nc(NCC2CCCO2)n1. The second-order valence-electron chi connectivity index (χ2n) is 7.13. The highest BCUT2D eigenvalue weighted by Gasteiger charge is 2.41. The molecule has 8 nitrogen and oxygen atoms in total. The van der Waals surface area contributed by atoms with Crippen molar-refractivity contribution in [2.45, 2.75) is 44.5 Å². The number of hydrogen-bond donors (Lipinski definition) is 1. The lowest BCUT2D eigenvalue weighted by Crippen LogP contribution is -2.47. The van der Waals surface area contributed by atoms with Gasteiger partial charge in [-0.25, -0.2) is 9.97 Å². The van der Waals surface area contributed by atoms with E-state index in [1.807, 2.05) is 11.8 Å². The van der Waals surface area contributed by atoms with Crippen molar-refractivity contribution in [2.75, 3.05) is 44.8 Å². The molecule has 26 heavy (non-hydrogen) atoms. The van der Waals surface area contributed by atoms with Crippen molar-refractivity contribution < 1.29 is 19.0 Å². The number of nitrogens with zero attached hydrogens (tertiary/aromatic N) is 3. The van der Waals surface area contributed by atoms with Crippen molar-refractivity contribution >= 4 is 11.9 Å². The number of ether oxygens (including phenoxy) is 3. The van der Waals surface area contributed by atoms with Gasteiger partial charge >= 0.3 is 0 Å². The third kappa shape index (κ3) is 3.82. The molecule has 3 aliphatic rings. The molecule has 1 spiro atoms. The summed E-state index contributed by atoms with van der Waals surface area (Å²) in [6.45, 7) is 5.85. The summed E-state index contributed by atoms with van der Waals surface area (Å²) in [5, 5.41) is 3.21. The van der Waals surface area contributed by atoms with Gasteiger partial charge < -0.3 is 24.4 Å². The molecule has 0 aliphatic carbocycles. The maximum absolute atomic E-state index is 12.9. The standard InChI is InChI=1S/C18H26N4O4/c1-13-11-15(21-17(20-13)19-12-14-3-2-8-24-14)16(23)22-6-4-18(5-7-22)25-9-10-26-18/h11,14H,2-10,12H2,1H3,(H,19,20,21). The Bertz CT molecular complexity index is 647. The van der Waals surface area contributed by atoms with E-state index >= 15 is 0 Å². The van der Waals surface area contributed by atoms with E-state index in [1.54, 1.807) is 6.07 Å². The van der Waals surface area contributed by atoms with Crippen molar-refractivity contribution in [1.82, 2.24) is 14.9 Å². The van der Waals surface area contributed by atoms with E-state index in [0.29, 0.717) is 57.3 Å². The minimum Gasteiger partial charge on any atom is -0.376 e. The highest BCUT2D eigenvalue weighted by Crippen LogP contribution is 2.31. The van der Waals surface area contributed by atoms with E-state index in [1.165, 1.54) is 0 Å². The smallest absolute Gasteiger partial charge is 0.272 e. The first-order valence-corrected chi connectivity index (χ1v) is 9.42. The molecule has 0 aromatic carbocycles. The van der Waals surface area contributed by atoms with Gasteiger partial charge in [-0.3, -0.25) is 4.79 Å². The van der Waals surface area contributed by atoms with Crippen LogP contribution in [0, 0.1) is 6.92 Å². The number of amides is 1. The number of aromatic nitrogens is 2. The fraction of sp³-hybridized carbons (Fsp3) is 0.722. The molecule has 1 N–H and O–H groups in total. The summed E-state index contributed by atoms with van der Waals surface area (Å²) in [5.41, 5.74) is 1.20. The van der Waals surface area contributed by atoms with E-state index in [0.717, 1.165) is 25.1 Å². The first kappa shape index (κ1) is 17.6. The normalized spacial score (nSPS) is 25.0. The van der Waals surface area contributed by atoms with Gasteiger partial charge in [-0.1, -0.05) is 0 Å². The zero-order valence-corrected chi connectivity index (χ0v) is 15.2. The van der Waals surface area contributed by atoms with Gasteiger partial charge in [0, 0.05) is 44.8 Å². The quantitative estimate of drug-likeness (QED) is 0.865. The number of piperidine rings is 1. The molecule has 1 aromatic heterocycles. The van der Waals surface area contributed by atoms with Gasteiger partial charge in [-0.2, -0.15) is 0 Å².